The van der Waals surface area contributed by atoms with Crippen LogP contribution in [0.1, 0.15) is 11.3 Å². The van der Waals surface area contributed by atoms with E-state index in [1.165, 1.54) is 18.5 Å². The second-order valence-corrected chi connectivity index (χ2v) is 3.41. The summed E-state index contributed by atoms with van der Waals surface area (Å²) < 4.78 is 27.8. The summed E-state index contributed by atoms with van der Waals surface area (Å²) in [7, 11) is 0. The molecule has 0 unspecified atom stereocenters. The Morgan fingerprint density at radius 2 is 2.12 bits per heavy atom. The molecule has 1 aromatic heterocycles. The Morgan fingerprint density at radius 1 is 1.31 bits per heavy atom. The fraction of sp³-hybridized carbons (Fsp3) is 0.182. The van der Waals surface area contributed by atoms with Crippen LogP contribution in [-0.4, -0.2) is 14.7 Å². The second kappa shape index (κ2) is 4.40. The molecule has 3 nitrogen and oxygen atoms in total. The van der Waals surface area contributed by atoms with Gasteiger partial charge in [-0.15, -0.1) is 0 Å². The minimum Gasteiger partial charge on any atom is -0.390 e. The number of hydrogen-bond acceptors (Lipinski definition) is 2. The molecule has 84 valence electrons. The second-order valence-electron chi connectivity index (χ2n) is 3.41. The first-order chi connectivity index (χ1) is 7.70. The zero-order valence-electron chi connectivity index (χ0n) is 8.40. The number of aliphatic hydroxyl groups is 1. The fourth-order valence-electron chi connectivity index (χ4n) is 1.44. The highest BCUT2D eigenvalue weighted by molar-refractivity contribution is 5.19. The van der Waals surface area contributed by atoms with Crippen molar-refractivity contribution in [3.8, 4) is 0 Å². The van der Waals surface area contributed by atoms with Crippen LogP contribution >= 0.6 is 0 Å². The molecule has 0 aliphatic rings. The van der Waals surface area contributed by atoms with Crippen molar-refractivity contribution < 1.29 is 13.9 Å². The van der Waals surface area contributed by atoms with Crippen LogP contribution in [0.4, 0.5) is 8.78 Å². The smallest absolute Gasteiger partial charge is 0.163 e. The zero-order chi connectivity index (χ0) is 11.5. The minimum absolute atomic E-state index is 0.168. The summed E-state index contributed by atoms with van der Waals surface area (Å²) in [5.41, 5.74) is 0.749. The molecule has 0 amide bonds. The molecule has 1 N–H and O–H groups in total. The van der Waals surface area contributed by atoms with Crippen molar-refractivity contribution in [2.45, 2.75) is 13.2 Å². The number of rotatable bonds is 3. The van der Waals surface area contributed by atoms with Crippen molar-refractivity contribution >= 4 is 0 Å². The van der Waals surface area contributed by atoms with Gasteiger partial charge in [0.25, 0.3) is 0 Å². The number of nitrogens with zero attached hydrogens (tertiary/aromatic N) is 2. The standard InChI is InChI=1S/C11H10F2N2O/c12-10-3-1-2-8(11(10)13)4-15-5-9(6-16)14-7-15/h1-3,5,7,16H,4,6H2. The molecule has 0 aliphatic carbocycles. The highest BCUT2D eigenvalue weighted by Crippen LogP contribution is 2.12. The Bertz CT molecular complexity index is 496. The number of imidazole rings is 1. The zero-order valence-corrected chi connectivity index (χ0v) is 8.40. The third kappa shape index (κ3) is 2.09. The lowest BCUT2D eigenvalue weighted by Gasteiger charge is -2.04. The first kappa shape index (κ1) is 10.8. The lowest BCUT2D eigenvalue weighted by atomic mass is 10.2. The van der Waals surface area contributed by atoms with Gasteiger partial charge in [-0.1, -0.05) is 12.1 Å². The van der Waals surface area contributed by atoms with Crippen molar-refractivity contribution in [3.05, 3.63) is 53.6 Å². The molecule has 0 atom stereocenters. The van der Waals surface area contributed by atoms with Gasteiger partial charge in [0.1, 0.15) is 0 Å². The quantitative estimate of drug-likeness (QED) is 0.861. The monoisotopic (exact) mass is 224 g/mol. The van der Waals surface area contributed by atoms with Gasteiger partial charge in [-0.25, -0.2) is 13.8 Å². The highest BCUT2D eigenvalue weighted by Gasteiger charge is 2.08. The third-order valence-corrected chi connectivity index (χ3v) is 2.23. The maximum absolute atomic E-state index is 13.3. The van der Waals surface area contributed by atoms with Gasteiger partial charge in [0.2, 0.25) is 0 Å². The van der Waals surface area contributed by atoms with E-state index in [4.69, 9.17) is 5.11 Å². The van der Waals surface area contributed by atoms with E-state index in [9.17, 15) is 8.78 Å². The van der Waals surface area contributed by atoms with Crippen molar-refractivity contribution in [2.75, 3.05) is 0 Å². The van der Waals surface area contributed by atoms with Gasteiger partial charge in [-0.05, 0) is 6.07 Å². The average molecular weight is 224 g/mol. The van der Waals surface area contributed by atoms with Crippen LogP contribution in [0, 0.1) is 11.6 Å². The van der Waals surface area contributed by atoms with Gasteiger partial charge in [-0.3, -0.25) is 0 Å². The van der Waals surface area contributed by atoms with Gasteiger partial charge < -0.3 is 9.67 Å². The number of aromatic nitrogens is 2. The molecule has 0 spiro atoms. The van der Waals surface area contributed by atoms with Crippen LogP contribution in [-0.2, 0) is 13.2 Å². The van der Waals surface area contributed by atoms with Crippen molar-refractivity contribution in [1.29, 1.82) is 0 Å². The molecule has 0 fully saturated rings. The summed E-state index contributed by atoms with van der Waals surface area (Å²) in [6.45, 7) is 0.0230. The van der Waals surface area contributed by atoms with Crippen LogP contribution in [0.2, 0.25) is 0 Å². The van der Waals surface area contributed by atoms with Gasteiger partial charge in [0, 0.05) is 11.8 Å². The number of halogens is 2. The van der Waals surface area contributed by atoms with E-state index < -0.39 is 11.6 Å². The molecule has 1 heterocycles. The Kier molecular flexibility index (Phi) is 2.96. The molecular weight excluding hydrogens is 214 g/mol. The molecule has 0 aliphatic heterocycles. The molecule has 2 aromatic rings. The minimum atomic E-state index is -0.861. The molecule has 2 rings (SSSR count). The van der Waals surface area contributed by atoms with Gasteiger partial charge in [0.15, 0.2) is 11.6 Å². The SMILES string of the molecule is OCc1cn(Cc2cccc(F)c2F)cn1. The first-order valence-corrected chi connectivity index (χ1v) is 4.75. The maximum atomic E-state index is 13.3. The van der Waals surface area contributed by atoms with Gasteiger partial charge in [-0.2, -0.15) is 0 Å². The molecule has 5 heteroatoms. The molecular formula is C11H10F2N2O. The highest BCUT2D eigenvalue weighted by atomic mass is 19.2. The maximum Gasteiger partial charge on any atom is 0.163 e. The fourth-order valence-corrected chi connectivity index (χ4v) is 1.44. The molecule has 0 saturated carbocycles. The summed E-state index contributed by atoms with van der Waals surface area (Å²) in [6.07, 6.45) is 3.06. The van der Waals surface area contributed by atoms with E-state index in [1.807, 2.05) is 0 Å². The Balaban J connectivity index is 2.23. The van der Waals surface area contributed by atoms with Crippen LogP contribution in [0.5, 0.6) is 0 Å². The molecule has 0 bridgehead atoms. The van der Waals surface area contributed by atoms with Crippen LogP contribution in [0.15, 0.2) is 30.7 Å². The van der Waals surface area contributed by atoms with Crippen molar-refractivity contribution in [1.82, 2.24) is 9.55 Å². The van der Waals surface area contributed by atoms with Crippen molar-refractivity contribution in [3.63, 3.8) is 0 Å². The van der Waals surface area contributed by atoms with E-state index >= 15 is 0 Å². The molecule has 1 aromatic carbocycles. The van der Waals surface area contributed by atoms with E-state index in [-0.39, 0.29) is 18.7 Å². The van der Waals surface area contributed by atoms with Crippen molar-refractivity contribution in [2.24, 2.45) is 0 Å². The van der Waals surface area contributed by atoms with E-state index in [2.05, 4.69) is 4.98 Å². The topological polar surface area (TPSA) is 38.0 Å². The normalized spacial score (nSPS) is 10.7. The number of aliphatic hydroxyl groups excluding tert-OH is 1. The van der Waals surface area contributed by atoms with E-state index in [0.29, 0.717) is 5.69 Å². The van der Waals surface area contributed by atoms with Crippen LogP contribution < -0.4 is 0 Å². The average Bonchev–Trinajstić information content (AvgIpc) is 2.73. The van der Waals surface area contributed by atoms with Crippen LogP contribution in [0.3, 0.4) is 0 Å². The summed E-state index contributed by atoms with van der Waals surface area (Å²) in [4.78, 5) is 3.88. The molecule has 16 heavy (non-hydrogen) atoms. The van der Waals surface area contributed by atoms with Gasteiger partial charge >= 0.3 is 0 Å². The molecule has 0 saturated heterocycles. The Labute approximate surface area is 91.0 Å². The van der Waals surface area contributed by atoms with E-state index in [0.717, 1.165) is 6.07 Å². The van der Waals surface area contributed by atoms with E-state index in [1.54, 1.807) is 10.8 Å². The summed E-state index contributed by atoms with van der Waals surface area (Å²) in [5, 5.41) is 8.81. The lowest BCUT2D eigenvalue weighted by Crippen LogP contribution is -2.01. The predicted octanol–water partition coefficient (Wildman–Crippen LogP) is 1.70. The summed E-state index contributed by atoms with van der Waals surface area (Å²) >= 11 is 0. The Hall–Kier alpha value is -1.75. The largest absolute Gasteiger partial charge is 0.390 e. The van der Waals surface area contributed by atoms with Crippen LogP contribution in [0.25, 0.3) is 0 Å². The van der Waals surface area contributed by atoms with Gasteiger partial charge in [0.05, 0.1) is 25.2 Å². The number of benzene rings is 1. The lowest BCUT2D eigenvalue weighted by molar-refractivity contribution is 0.277. The summed E-state index contributed by atoms with van der Waals surface area (Å²) in [6, 6.07) is 4.04. The molecule has 0 radical (unpaired) electrons. The third-order valence-electron chi connectivity index (χ3n) is 2.23. The Morgan fingerprint density at radius 3 is 2.81 bits per heavy atom. The first-order valence-electron chi connectivity index (χ1n) is 4.75. The number of hydrogen-bond donors (Lipinski definition) is 1. The predicted molar refractivity (Wildman–Crippen MR) is 53.6 cm³/mol. The summed E-state index contributed by atoms with van der Waals surface area (Å²) in [5.74, 6) is -1.71.